The molecule has 2 rings (SSSR count). The summed E-state index contributed by atoms with van der Waals surface area (Å²) in [7, 11) is 0. The molecule has 1 saturated heterocycles. The molecule has 0 spiro atoms. The van der Waals surface area contributed by atoms with Crippen molar-refractivity contribution < 1.29 is 19.7 Å². The highest BCUT2D eigenvalue weighted by molar-refractivity contribution is 5.81. The van der Waals surface area contributed by atoms with Gasteiger partial charge in [-0.05, 0) is 12.5 Å². The zero-order valence-corrected chi connectivity index (χ0v) is 10.9. The quantitative estimate of drug-likeness (QED) is 0.813. The highest BCUT2D eigenvalue weighted by Crippen LogP contribution is 2.13. The number of aliphatic hydroxyl groups is 2. The van der Waals surface area contributed by atoms with Crippen LogP contribution in [0.3, 0.4) is 0 Å². The summed E-state index contributed by atoms with van der Waals surface area (Å²) in [5, 5.41) is 18.8. The number of aliphatic hydroxyl groups excluding tert-OH is 2. The molecular weight excluding hydrogens is 246 g/mol. The Balaban J connectivity index is 1.83. The van der Waals surface area contributed by atoms with E-state index in [1.807, 2.05) is 30.3 Å². The van der Waals surface area contributed by atoms with Crippen molar-refractivity contribution in [3.8, 4) is 0 Å². The van der Waals surface area contributed by atoms with E-state index in [1.165, 1.54) is 4.90 Å². The van der Waals surface area contributed by atoms with Crippen molar-refractivity contribution in [2.24, 2.45) is 0 Å². The maximum absolute atomic E-state index is 12.0. The summed E-state index contributed by atoms with van der Waals surface area (Å²) in [6, 6.07) is 9.61. The van der Waals surface area contributed by atoms with Gasteiger partial charge in [-0.3, -0.25) is 4.79 Å². The Morgan fingerprint density at radius 1 is 1.32 bits per heavy atom. The maximum atomic E-state index is 12.0. The van der Waals surface area contributed by atoms with Gasteiger partial charge in [0.2, 0.25) is 0 Å². The fourth-order valence-electron chi connectivity index (χ4n) is 2.07. The molecule has 0 aliphatic carbocycles. The molecule has 2 N–H and O–H groups in total. The number of carbonyl (C=O) groups excluding carboxylic acids is 1. The molecular formula is C14H19NO4. The largest absolute Gasteiger partial charge is 0.388 e. The summed E-state index contributed by atoms with van der Waals surface area (Å²) in [6.07, 6.45) is -2.30. The van der Waals surface area contributed by atoms with Crippen molar-refractivity contribution in [1.82, 2.24) is 4.90 Å². The molecule has 19 heavy (non-hydrogen) atoms. The summed E-state index contributed by atoms with van der Waals surface area (Å²) in [5.74, 6) is -0.202. The second-order valence-electron chi connectivity index (χ2n) is 4.82. The fraction of sp³-hybridized carbons (Fsp3) is 0.500. The molecule has 1 aliphatic heterocycles. The first-order valence-electron chi connectivity index (χ1n) is 6.38. The summed E-state index contributed by atoms with van der Waals surface area (Å²) in [6.45, 7) is 2.38. The topological polar surface area (TPSA) is 70.0 Å². The Kier molecular flexibility index (Phi) is 4.52. The van der Waals surface area contributed by atoms with E-state index in [0.29, 0.717) is 6.61 Å². The third-order valence-corrected chi connectivity index (χ3v) is 3.26. The minimum atomic E-state index is -0.856. The van der Waals surface area contributed by atoms with Crippen LogP contribution in [-0.2, 0) is 16.1 Å². The van der Waals surface area contributed by atoms with Gasteiger partial charge in [0.1, 0.15) is 6.10 Å². The van der Waals surface area contributed by atoms with Crippen LogP contribution >= 0.6 is 0 Å². The number of carbonyl (C=O) groups is 1. The van der Waals surface area contributed by atoms with E-state index >= 15 is 0 Å². The lowest BCUT2D eigenvalue weighted by molar-refractivity contribution is -0.142. The van der Waals surface area contributed by atoms with E-state index in [2.05, 4.69) is 0 Å². The van der Waals surface area contributed by atoms with E-state index in [4.69, 9.17) is 4.74 Å². The maximum Gasteiger partial charge on any atom is 0.251 e. The molecule has 3 unspecified atom stereocenters. The number of benzene rings is 1. The molecule has 1 aromatic carbocycles. The highest BCUT2D eigenvalue weighted by Gasteiger charge is 2.34. The molecule has 0 radical (unpaired) electrons. The van der Waals surface area contributed by atoms with Gasteiger partial charge in [0.15, 0.2) is 0 Å². The van der Waals surface area contributed by atoms with Gasteiger partial charge in [-0.2, -0.15) is 0 Å². The third kappa shape index (κ3) is 3.53. The Bertz CT molecular complexity index is 413. The number of β-amino-alcohol motifs (C(OH)–C–C–N with tert-alkyl or cyclic N) is 2. The van der Waals surface area contributed by atoms with Crippen LogP contribution in [0.2, 0.25) is 0 Å². The average Bonchev–Trinajstić information content (AvgIpc) is 2.76. The van der Waals surface area contributed by atoms with Crippen molar-refractivity contribution in [3.05, 3.63) is 35.9 Å². The smallest absolute Gasteiger partial charge is 0.251 e. The second-order valence-corrected chi connectivity index (χ2v) is 4.82. The van der Waals surface area contributed by atoms with Crippen molar-refractivity contribution >= 4 is 5.91 Å². The average molecular weight is 265 g/mol. The molecule has 3 atom stereocenters. The van der Waals surface area contributed by atoms with Crippen LogP contribution in [0.1, 0.15) is 12.5 Å². The normalized spacial score (nSPS) is 24.5. The lowest BCUT2D eigenvalue weighted by Crippen LogP contribution is -2.38. The van der Waals surface area contributed by atoms with Gasteiger partial charge >= 0.3 is 0 Å². The summed E-state index contributed by atoms with van der Waals surface area (Å²) < 4.78 is 5.52. The summed E-state index contributed by atoms with van der Waals surface area (Å²) in [4.78, 5) is 13.5. The van der Waals surface area contributed by atoms with Crippen LogP contribution in [-0.4, -0.2) is 52.4 Å². The molecule has 0 aromatic heterocycles. The van der Waals surface area contributed by atoms with Crippen LogP contribution in [0.25, 0.3) is 0 Å². The Labute approximate surface area is 112 Å². The van der Waals surface area contributed by atoms with Gasteiger partial charge in [-0.15, -0.1) is 0 Å². The van der Waals surface area contributed by atoms with Crippen molar-refractivity contribution in [2.75, 3.05) is 13.1 Å². The first-order chi connectivity index (χ1) is 9.08. The fourth-order valence-corrected chi connectivity index (χ4v) is 2.07. The molecule has 5 nitrogen and oxygen atoms in total. The number of amides is 1. The predicted octanol–water partition coefficient (Wildman–Crippen LogP) is 0.156. The third-order valence-electron chi connectivity index (χ3n) is 3.26. The van der Waals surface area contributed by atoms with Crippen LogP contribution < -0.4 is 0 Å². The Morgan fingerprint density at radius 3 is 2.47 bits per heavy atom. The standard InChI is InChI=1S/C14H19NO4/c1-10(19-9-11-5-3-2-4-6-11)14(18)15-7-12(16)13(17)8-15/h2-6,10,12-13,16-17H,7-9H2,1H3. The van der Waals surface area contributed by atoms with Crippen LogP contribution in [0.4, 0.5) is 0 Å². The molecule has 1 heterocycles. The van der Waals surface area contributed by atoms with Gasteiger partial charge < -0.3 is 19.8 Å². The number of nitrogens with zero attached hydrogens (tertiary/aromatic N) is 1. The molecule has 1 aliphatic rings. The van der Waals surface area contributed by atoms with Gasteiger partial charge in [0.25, 0.3) is 5.91 Å². The summed E-state index contributed by atoms with van der Waals surface area (Å²) >= 11 is 0. The minimum absolute atomic E-state index is 0.166. The number of hydrogen-bond donors (Lipinski definition) is 2. The van der Waals surface area contributed by atoms with E-state index in [0.717, 1.165) is 5.56 Å². The van der Waals surface area contributed by atoms with Gasteiger partial charge in [-0.1, -0.05) is 30.3 Å². The van der Waals surface area contributed by atoms with Crippen molar-refractivity contribution in [1.29, 1.82) is 0 Å². The van der Waals surface area contributed by atoms with E-state index < -0.39 is 18.3 Å². The Morgan fingerprint density at radius 2 is 1.89 bits per heavy atom. The van der Waals surface area contributed by atoms with E-state index in [1.54, 1.807) is 6.92 Å². The number of rotatable bonds is 4. The van der Waals surface area contributed by atoms with E-state index in [9.17, 15) is 15.0 Å². The monoisotopic (exact) mass is 265 g/mol. The molecule has 1 amide bonds. The predicted molar refractivity (Wildman–Crippen MR) is 69.3 cm³/mol. The molecule has 0 saturated carbocycles. The Hall–Kier alpha value is -1.43. The zero-order valence-electron chi connectivity index (χ0n) is 10.9. The van der Waals surface area contributed by atoms with Crippen LogP contribution in [0, 0.1) is 0 Å². The highest BCUT2D eigenvalue weighted by atomic mass is 16.5. The first-order valence-corrected chi connectivity index (χ1v) is 6.38. The lowest BCUT2D eigenvalue weighted by atomic mass is 10.2. The number of ether oxygens (including phenoxy) is 1. The first kappa shape index (κ1) is 14.0. The molecule has 0 bridgehead atoms. The van der Waals surface area contributed by atoms with Gasteiger partial charge in [0.05, 0.1) is 18.8 Å². The zero-order chi connectivity index (χ0) is 13.8. The molecule has 1 fully saturated rings. The minimum Gasteiger partial charge on any atom is -0.388 e. The SMILES string of the molecule is CC(OCc1ccccc1)C(=O)N1CC(O)C(O)C1. The van der Waals surface area contributed by atoms with Crippen LogP contribution in [0.15, 0.2) is 30.3 Å². The molecule has 104 valence electrons. The summed E-state index contributed by atoms with van der Waals surface area (Å²) in [5.41, 5.74) is 1.00. The van der Waals surface area contributed by atoms with Crippen LogP contribution in [0.5, 0.6) is 0 Å². The number of hydrogen-bond acceptors (Lipinski definition) is 4. The van der Waals surface area contributed by atoms with Crippen molar-refractivity contribution in [2.45, 2.75) is 31.8 Å². The number of likely N-dealkylation sites (tertiary alicyclic amines) is 1. The van der Waals surface area contributed by atoms with E-state index in [-0.39, 0.29) is 19.0 Å². The van der Waals surface area contributed by atoms with Gasteiger partial charge in [0, 0.05) is 13.1 Å². The van der Waals surface area contributed by atoms with Gasteiger partial charge in [-0.25, -0.2) is 0 Å². The molecule has 1 aromatic rings. The molecule has 5 heteroatoms. The second kappa shape index (κ2) is 6.14. The lowest BCUT2D eigenvalue weighted by Gasteiger charge is -2.20. The van der Waals surface area contributed by atoms with Crippen molar-refractivity contribution in [3.63, 3.8) is 0 Å².